The number of hydrogen-bond donors (Lipinski definition) is 1. The molecule has 4 aromatic rings. The van der Waals surface area contributed by atoms with Crippen LogP contribution in [0.15, 0.2) is 89.3 Å². The zero-order valence-corrected chi connectivity index (χ0v) is 21.1. The maximum atomic E-state index is 13.1. The average Bonchev–Trinajstić information content (AvgIpc) is 3.37. The smallest absolute Gasteiger partial charge is 0.254 e. The van der Waals surface area contributed by atoms with E-state index in [2.05, 4.69) is 5.32 Å². The highest BCUT2D eigenvalue weighted by Gasteiger charge is 2.26. The van der Waals surface area contributed by atoms with E-state index < -0.39 is 0 Å². The lowest BCUT2D eigenvalue weighted by atomic mass is 9.95. The third-order valence-electron chi connectivity index (χ3n) is 6.81. The number of nitrogens with zero attached hydrogens (tertiary/aromatic N) is 1. The van der Waals surface area contributed by atoms with Crippen LogP contribution in [0.2, 0.25) is 0 Å². The molecule has 6 heteroatoms. The molecule has 0 bridgehead atoms. The number of benzene rings is 3. The molecule has 1 aliphatic heterocycles. The Morgan fingerprint density at radius 3 is 2.59 bits per heavy atom. The highest BCUT2D eigenvalue weighted by molar-refractivity contribution is 5.96. The van der Waals surface area contributed by atoms with E-state index in [0.29, 0.717) is 37.2 Å². The lowest BCUT2D eigenvalue weighted by Crippen LogP contribution is -2.35. The summed E-state index contributed by atoms with van der Waals surface area (Å²) >= 11 is 0. The molecule has 2 heterocycles. The van der Waals surface area contributed by atoms with Gasteiger partial charge in [-0.1, -0.05) is 55.5 Å². The first kappa shape index (κ1) is 24.4. The Morgan fingerprint density at radius 1 is 1.00 bits per heavy atom. The second-order valence-corrected chi connectivity index (χ2v) is 9.21. The van der Waals surface area contributed by atoms with Crippen LogP contribution in [-0.2, 0) is 17.8 Å². The number of hydrogen-bond acceptors (Lipinski definition) is 4. The number of anilines is 1. The van der Waals surface area contributed by atoms with E-state index in [4.69, 9.17) is 9.15 Å². The Balaban J connectivity index is 1.31. The molecule has 0 spiro atoms. The first-order valence-electron chi connectivity index (χ1n) is 12.6. The van der Waals surface area contributed by atoms with Crippen LogP contribution in [0.5, 0.6) is 5.75 Å². The summed E-state index contributed by atoms with van der Waals surface area (Å²) < 4.78 is 11.5. The lowest BCUT2D eigenvalue weighted by Gasteiger charge is -2.26. The summed E-state index contributed by atoms with van der Waals surface area (Å²) in [6.45, 7) is 3.09. The Hall–Kier alpha value is -4.32. The Kier molecular flexibility index (Phi) is 7.08. The summed E-state index contributed by atoms with van der Waals surface area (Å²) in [4.78, 5) is 27.9. The average molecular weight is 495 g/mol. The van der Waals surface area contributed by atoms with Crippen LogP contribution >= 0.6 is 0 Å². The Bertz CT molecular complexity index is 1410. The number of carbonyl (C=O) groups is 2. The lowest BCUT2D eigenvalue weighted by molar-refractivity contribution is -0.117. The van der Waals surface area contributed by atoms with E-state index in [1.807, 2.05) is 90.7 Å². The van der Waals surface area contributed by atoms with Gasteiger partial charge in [-0.05, 0) is 48.4 Å². The molecule has 0 aliphatic carbocycles. The van der Waals surface area contributed by atoms with Gasteiger partial charge in [0.05, 0.1) is 13.0 Å². The summed E-state index contributed by atoms with van der Waals surface area (Å²) in [5.74, 6) is 2.02. The zero-order valence-electron chi connectivity index (χ0n) is 21.1. The van der Waals surface area contributed by atoms with Crippen LogP contribution in [0.1, 0.15) is 46.5 Å². The number of furan rings is 1. The molecule has 2 amide bonds. The van der Waals surface area contributed by atoms with Gasteiger partial charge >= 0.3 is 0 Å². The molecule has 5 rings (SSSR count). The van der Waals surface area contributed by atoms with Crippen LogP contribution in [0.4, 0.5) is 5.69 Å². The van der Waals surface area contributed by atoms with Gasteiger partial charge in [-0.2, -0.15) is 0 Å². The summed E-state index contributed by atoms with van der Waals surface area (Å²) in [6.07, 6.45) is 1.36. The summed E-state index contributed by atoms with van der Waals surface area (Å²) in [7, 11) is 1.59. The van der Waals surface area contributed by atoms with E-state index in [-0.39, 0.29) is 17.7 Å². The van der Waals surface area contributed by atoms with Crippen molar-refractivity contribution in [1.29, 1.82) is 0 Å². The Labute approximate surface area is 216 Å². The summed E-state index contributed by atoms with van der Waals surface area (Å²) in [6, 6.07) is 26.7. The molecule has 0 saturated carbocycles. The van der Waals surface area contributed by atoms with Crippen LogP contribution < -0.4 is 10.1 Å². The van der Waals surface area contributed by atoms with Crippen molar-refractivity contribution in [3.8, 4) is 17.1 Å². The normalized spacial score (nSPS) is 13.5. The molecular weight excluding hydrogens is 464 g/mol. The van der Waals surface area contributed by atoms with Crippen molar-refractivity contribution in [2.75, 3.05) is 19.0 Å². The second kappa shape index (κ2) is 10.7. The molecule has 1 atom stereocenters. The monoisotopic (exact) mass is 494 g/mol. The van der Waals surface area contributed by atoms with Gasteiger partial charge in [0.25, 0.3) is 5.91 Å². The number of rotatable bonds is 7. The van der Waals surface area contributed by atoms with Gasteiger partial charge in [0.1, 0.15) is 17.3 Å². The minimum absolute atomic E-state index is 0.0269. The topological polar surface area (TPSA) is 71.8 Å². The number of nitrogens with one attached hydrogen (secondary N) is 1. The van der Waals surface area contributed by atoms with Gasteiger partial charge in [-0.3, -0.25) is 9.59 Å². The second-order valence-electron chi connectivity index (χ2n) is 9.21. The quantitative estimate of drug-likeness (QED) is 0.328. The molecule has 0 fully saturated rings. The van der Waals surface area contributed by atoms with Crippen LogP contribution in [0, 0.1) is 0 Å². The third kappa shape index (κ3) is 5.28. The third-order valence-corrected chi connectivity index (χ3v) is 6.81. The highest BCUT2D eigenvalue weighted by Crippen LogP contribution is 2.32. The van der Waals surface area contributed by atoms with Crippen LogP contribution in [-0.4, -0.2) is 30.4 Å². The van der Waals surface area contributed by atoms with E-state index >= 15 is 0 Å². The fraction of sp³-hybridized carbons (Fsp3) is 0.226. The van der Waals surface area contributed by atoms with Crippen molar-refractivity contribution in [3.05, 3.63) is 107 Å². The van der Waals surface area contributed by atoms with E-state index in [1.54, 1.807) is 13.2 Å². The van der Waals surface area contributed by atoms with Crippen LogP contribution in [0.3, 0.4) is 0 Å². The Morgan fingerprint density at radius 2 is 1.81 bits per heavy atom. The zero-order chi connectivity index (χ0) is 25.8. The van der Waals surface area contributed by atoms with Gasteiger partial charge < -0.3 is 19.4 Å². The summed E-state index contributed by atoms with van der Waals surface area (Å²) in [5.41, 5.74) is 4.22. The molecule has 1 aliphatic rings. The molecular formula is C31H30N2O4. The van der Waals surface area contributed by atoms with Crippen molar-refractivity contribution in [2.24, 2.45) is 0 Å². The summed E-state index contributed by atoms with van der Waals surface area (Å²) in [5, 5.41) is 3.07. The van der Waals surface area contributed by atoms with Crippen molar-refractivity contribution in [1.82, 2.24) is 4.90 Å². The van der Waals surface area contributed by atoms with E-state index in [0.717, 1.165) is 33.9 Å². The first-order valence-corrected chi connectivity index (χ1v) is 12.6. The van der Waals surface area contributed by atoms with E-state index in [9.17, 15) is 9.59 Å². The number of methoxy groups -OCH3 is 1. The molecule has 3 aromatic carbocycles. The maximum Gasteiger partial charge on any atom is 0.254 e. The SMILES string of the molecule is CCC(C(=O)Nc1cccc(-c2cc3c(o2)CCN(C(=O)c2cccc(OC)c2)C3)c1)c1ccccc1. The van der Waals surface area contributed by atoms with E-state index in [1.165, 1.54) is 0 Å². The first-order chi connectivity index (χ1) is 18.1. The van der Waals surface area contributed by atoms with Crippen molar-refractivity contribution >= 4 is 17.5 Å². The molecule has 1 N–H and O–H groups in total. The van der Waals surface area contributed by atoms with Crippen molar-refractivity contribution in [2.45, 2.75) is 32.2 Å². The number of ether oxygens (including phenoxy) is 1. The minimum atomic E-state index is -0.214. The predicted molar refractivity (Wildman–Crippen MR) is 144 cm³/mol. The highest BCUT2D eigenvalue weighted by atomic mass is 16.5. The molecule has 6 nitrogen and oxygen atoms in total. The standard InChI is InChI=1S/C31H30N2O4/c1-3-27(21-9-5-4-6-10-21)30(34)32-25-13-7-11-22(17-25)29-19-24-20-33(16-15-28(24)37-29)31(35)23-12-8-14-26(18-23)36-2/h4-14,17-19,27H,3,15-16,20H2,1-2H3,(H,32,34). The maximum absolute atomic E-state index is 13.1. The van der Waals surface area contributed by atoms with Gasteiger partial charge in [0.15, 0.2) is 0 Å². The minimum Gasteiger partial charge on any atom is -0.497 e. The van der Waals surface area contributed by atoms with Gasteiger partial charge in [0.2, 0.25) is 5.91 Å². The molecule has 1 aromatic heterocycles. The molecule has 188 valence electrons. The number of amides is 2. The number of carbonyl (C=O) groups excluding carboxylic acids is 2. The molecule has 0 saturated heterocycles. The molecule has 37 heavy (non-hydrogen) atoms. The molecule has 1 unspecified atom stereocenters. The van der Waals surface area contributed by atoms with Crippen molar-refractivity contribution < 1.29 is 18.7 Å². The largest absolute Gasteiger partial charge is 0.497 e. The predicted octanol–water partition coefficient (Wildman–Crippen LogP) is 6.29. The van der Waals surface area contributed by atoms with Gasteiger partial charge in [-0.25, -0.2) is 0 Å². The van der Waals surface area contributed by atoms with Crippen LogP contribution in [0.25, 0.3) is 11.3 Å². The molecule has 0 radical (unpaired) electrons. The fourth-order valence-electron chi connectivity index (χ4n) is 4.82. The van der Waals surface area contributed by atoms with Gasteiger partial charge in [0, 0.05) is 41.9 Å². The van der Waals surface area contributed by atoms with Gasteiger partial charge in [-0.15, -0.1) is 0 Å². The fourth-order valence-corrected chi connectivity index (χ4v) is 4.82. The number of fused-ring (bicyclic) bond motifs is 1. The van der Waals surface area contributed by atoms with Crippen molar-refractivity contribution in [3.63, 3.8) is 0 Å².